The highest BCUT2D eigenvalue weighted by Crippen LogP contribution is 2.25. The maximum atomic E-state index is 13.7. The van der Waals surface area contributed by atoms with E-state index >= 15 is 0 Å². The summed E-state index contributed by atoms with van der Waals surface area (Å²) >= 11 is 0. The van der Waals surface area contributed by atoms with Gasteiger partial charge in [0.15, 0.2) is 0 Å². The van der Waals surface area contributed by atoms with Crippen LogP contribution in [0.2, 0.25) is 0 Å². The van der Waals surface area contributed by atoms with Crippen molar-refractivity contribution in [3.63, 3.8) is 0 Å². The zero-order chi connectivity index (χ0) is 19.5. The number of allylic oxidation sites excluding steroid dienone is 12. The molecule has 0 saturated heterocycles. The molecule has 28 heavy (non-hydrogen) atoms. The lowest BCUT2D eigenvalue weighted by atomic mass is 10.0. The molecule has 1 heterocycles. The first-order chi connectivity index (χ1) is 13.7. The van der Waals surface area contributed by atoms with Gasteiger partial charge in [-0.15, -0.1) is 4.57 Å². The highest BCUT2D eigenvalue weighted by molar-refractivity contribution is 5.66. The van der Waals surface area contributed by atoms with Crippen molar-refractivity contribution in [2.24, 2.45) is 0 Å². The fourth-order valence-corrected chi connectivity index (χ4v) is 4.05. The summed E-state index contributed by atoms with van der Waals surface area (Å²) in [5, 5.41) is 0. The van der Waals surface area contributed by atoms with Gasteiger partial charge in [-0.1, -0.05) is 42.5 Å². The van der Waals surface area contributed by atoms with Gasteiger partial charge < -0.3 is 0 Å². The van der Waals surface area contributed by atoms with Crippen LogP contribution in [0.1, 0.15) is 51.3 Å². The predicted octanol–water partition coefficient (Wildman–Crippen LogP) is 3.43. The molecule has 0 unspecified atom stereocenters. The predicted molar refractivity (Wildman–Crippen MR) is 112 cm³/mol. The van der Waals surface area contributed by atoms with Crippen LogP contribution in [-0.2, 0) is 6.54 Å². The van der Waals surface area contributed by atoms with E-state index in [9.17, 15) is 9.59 Å². The summed E-state index contributed by atoms with van der Waals surface area (Å²) < 4.78 is 4.90. The minimum atomic E-state index is -0.261. The van der Waals surface area contributed by atoms with Gasteiger partial charge in [0, 0.05) is 18.4 Å². The normalized spacial score (nSPS) is 18.7. The van der Waals surface area contributed by atoms with Crippen LogP contribution in [0.15, 0.2) is 64.3 Å². The minimum absolute atomic E-state index is 0.247. The second-order valence-electron chi connectivity index (χ2n) is 7.21. The fourth-order valence-electron chi connectivity index (χ4n) is 4.05. The highest BCUT2D eigenvalue weighted by Gasteiger charge is 2.31. The third-order valence-electron chi connectivity index (χ3n) is 5.45. The Kier molecular flexibility index (Phi) is 5.24. The summed E-state index contributed by atoms with van der Waals surface area (Å²) in [5.74, 6) is 0.728. The standard InChI is InChI=1S/C23H26N3O2/c1-2-24-21(18-12-6-3-7-13-18)25(19-14-8-4-9-15-19)23(28)26(22(24)27)20-16-10-5-11-17-20/h3-6,8,10,12,14,16H,2,7,9,11,13,15,17H2,1H3/q+1. The van der Waals surface area contributed by atoms with Crippen LogP contribution in [0.25, 0.3) is 17.0 Å². The summed E-state index contributed by atoms with van der Waals surface area (Å²) in [6.45, 7) is 2.48. The van der Waals surface area contributed by atoms with Gasteiger partial charge in [-0.3, -0.25) is 0 Å². The zero-order valence-electron chi connectivity index (χ0n) is 16.3. The molecule has 0 N–H and O–H groups in total. The molecule has 144 valence electrons. The van der Waals surface area contributed by atoms with E-state index in [4.69, 9.17) is 0 Å². The first-order valence-electron chi connectivity index (χ1n) is 10.1. The van der Waals surface area contributed by atoms with Crippen molar-refractivity contribution in [1.82, 2.24) is 9.13 Å². The monoisotopic (exact) mass is 376 g/mol. The van der Waals surface area contributed by atoms with Gasteiger partial charge >= 0.3 is 11.4 Å². The van der Waals surface area contributed by atoms with Crippen LogP contribution < -0.4 is 15.9 Å². The SMILES string of the molecule is CC[n+]1c(C2=CC=CCC2)n(C2=CC=CCC2)c(=O)n(C2=CC=CCC2)c1=O. The van der Waals surface area contributed by atoms with Gasteiger partial charge in [0.2, 0.25) is 5.82 Å². The van der Waals surface area contributed by atoms with E-state index < -0.39 is 0 Å². The van der Waals surface area contributed by atoms with Crippen molar-refractivity contribution in [3.05, 3.63) is 81.5 Å². The maximum absolute atomic E-state index is 13.7. The Morgan fingerprint density at radius 2 is 1.39 bits per heavy atom. The van der Waals surface area contributed by atoms with E-state index in [2.05, 4.69) is 18.2 Å². The molecule has 4 rings (SSSR count). The average Bonchev–Trinajstić information content (AvgIpc) is 2.75. The lowest BCUT2D eigenvalue weighted by Gasteiger charge is -2.19. The number of nitrogens with zero attached hydrogens (tertiary/aromatic N) is 3. The molecule has 1 aromatic heterocycles. The largest absolute Gasteiger partial charge is 0.458 e. The van der Waals surface area contributed by atoms with Crippen molar-refractivity contribution >= 4 is 17.0 Å². The molecule has 0 fully saturated rings. The van der Waals surface area contributed by atoms with E-state index in [1.807, 2.05) is 43.4 Å². The van der Waals surface area contributed by atoms with Crippen LogP contribution in [0.3, 0.4) is 0 Å². The van der Waals surface area contributed by atoms with Crippen molar-refractivity contribution in [1.29, 1.82) is 0 Å². The topological polar surface area (TPSA) is 47.9 Å². The highest BCUT2D eigenvalue weighted by atomic mass is 16.2. The molecule has 0 aromatic carbocycles. The lowest BCUT2D eigenvalue weighted by molar-refractivity contribution is -0.718. The average molecular weight is 376 g/mol. The number of rotatable bonds is 4. The van der Waals surface area contributed by atoms with Crippen LogP contribution in [0.5, 0.6) is 0 Å². The number of hydrogen-bond acceptors (Lipinski definition) is 2. The Labute approximate surface area is 164 Å². The molecule has 0 saturated carbocycles. The Bertz CT molecular complexity index is 1090. The van der Waals surface area contributed by atoms with Gasteiger partial charge in [-0.05, 0) is 44.8 Å². The quantitative estimate of drug-likeness (QED) is 0.756. The van der Waals surface area contributed by atoms with Gasteiger partial charge in [0.25, 0.3) is 0 Å². The van der Waals surface area contributed by atoms with Crippen molar-refractivity contribution < 1.29 is 4.57 Å². The Balaban J connectivity index is 2.08. The Morgan fingerprint density at radius 3 is 1.89 bits per heavy atom. The third kappa shape index (κ3) is 3.21. The molecule has 0 radical (unpaired) electrons. The van der Waals surface area contributed by atoms with E-state index in [0.717, 1.165) is 54.9 Å². The van der Waals surface area contributed by atoms with Gasteiger partial charge in [0.1, 0.15) is 0 Å². The maximum Gasteiger partial charge on any atom is 0.458 e. The molecule has 0 aliphatic heterocycles. The van der Waals surface area contributed by atoms with Crippen molar-refractivity contribution in [3.8, 4) is 0 Å². The van der Waals surface area contributed by atoms with E-state index in [1.54, 1.807) is 9.13 Å². The molecule has 3 aliphatic carbocycles. The van der Waals surface area contributed by atoms with Crippen LogP contribution >= 0.6 is 0 Å². The number of hydrogen-bond donors (Lipinski definition) is 0. The molecule has 5 heteroatoms. The van der Waals surface area contributed by atoms with E-state index in [-0.39, 0.29) is 11.4 Å². The Morgan fingerprint density at radius 1 is 0.821 bits per heavy atom. The van der Waals surface area contributed by atoms with Crippen molar-refractivity contribution in [2.45, 2.75) is 52.0 Å². The summed E-state index contributed by atoms with van der Waals surface area (Å²) in [4.78, 5) is 27.0. The van der Waals surface area contributed by atoms with E-state index in [0.29, 0.717) is 13.0 Å². The van der Waals surface area contributed by atoms with Gasteiger partial charge in [-0.2, -0.15) is 9.13 Å². The smallest absolute Gasteiger partial charge is 0.212 e. The molecule has 1 aromatic rings. The van der Waals surface area contributed by atoms with Crippen LogP contribution in [-0.4, -0.2) is 9.13 Å². The van der Waals surface area contributed by atoms with Gasteiger partial charge in [0.05, 0.1) is 17.9 Å². The molecule has 0 bridgehead atoms. The first kappa shape index (κ1) is 18.4. The molecule has 0 atom stereocenters. The Hall–Kier alpha value is -2.95. The number of aromatic nitrogens is 3. The van der Waals surface area contributed by atoms with Crippen LogP contribution in [0, 0.1) is 0 Å². The second-order valence-corrected chi connectivity index (χ2v) is 7.21. The molecular weight excluding hydrogens is 350 g/mol. The summed E-state index contributed by atoms with van der Waals surface area (Å²) in [7, 11) is 0. The summed E-state index contributed by atoms with van der Waals surface area (Å²) in [6, 6.07) is 0. The fraction of sp³-hybridized carbons (Fsp3) is 0.348. The molecule has 3 aliphatic rings. The van der Waals surface area contributed by atoms with E-state index in [1.165, 1.54) is 4.57 Å². The zero-order valence-corrected chi connectivity index (χ0v) is 16.3. The summed E-state index contributed by atoms with van der Waals surface area (Å²) in [5.41, 5.74) is 2.25. The van der Waals surface area contributed by atoms with Crippen LogP contribution in [0.4, 0.5) is 0 Å². The van der Waals surface area contributed by atoms with Gasteiger partial charge in [-0.25, -0.2) is 9.59 Å². The molecule has 0 amide bonds. The molecular formula is C23H26N3O2+. The minimum Gasteiger partial charge on any atom is -0.212 e. The van der Waals surface area contributed by atoms with Crippen molar-refractivity contribution in [2.75, 3.05) is 0 Å². The molecule has 5 nitrogen and oxygen atoms in total. The second kappa shape index (κ2) is 7.97. The third-order valence-corrected chi connectivity index (χ3v) is 5.45. The first-order valence-corrected chi connectivity index (χ1v) is 10.1. The summed E-state index contributed by atoms with van der Waals surface area (Å²) in [6.07, 6.45) is 23.1. The molecule has 0 spiro atoms. The lowest BCUT2D eigenvalue weighted by Crippen LogP contribution is -2.63.